The number of halogens is 1. The van der Waals surface area contributed by atoms with Gasteiger partial charge in [0.05, 0.1) is 37.0 Å². The molecular formula is C32H41ClN4O8. The van der Waals surface area contributed by atoms with E-state index in [1.54, 1.807) is 37.8 Å². The number of nitrogens with two attached hydrogens (primary N) is 1. The standard InChI is InChI=1S/C32H40N4O8.ClH/c1-32(2,3)31(40)44-20-43-28(38)17-24-16-25(36(30(24)39)18-27(37)35-12-14-41-15-13-35)19-42-26-10-8-22(9-11-26)21-4-6-23(7-5-21)29(33)34;/h4-11,24-25H,12-20H2,1-3H3,(H3,33,34);1H/t24-,25-;/m0./s1. The first-order valence-corrected chi connectivity index (χ1v) is 14.6. The van der Waals surface area contributed by atoms with Gasteiger partial charge in [0.1, 0.15) is 24.7 Å². The van der Waals surface area contributed by atoms with Gasteiger partial charge in [0.2, 0.25) is 18.6 Å². The second-order valence-corrected chi connectivity index (χ2v) is 11.9. The number of carbonyl (C=O) groups excluding carboxylic acids is 4. The van der Waals surface area contributed by atoms with Gasteiger partial charge in [-0.15, -0.1) is 12.4 Å². The highest BCUT2D eigenvalue weighted by atomic mass is 35.5. The number of amidine groups is 1. The van der Waals surface area contributed by atoms with E-state index in [0.717, 1.165) is 11.1 Å². The molecule has 2 aromatic carbocycles. The predicted octanol–water partition coefficient (Wildman–Crippen LogP) is 2.99. The van der Waals surface area contributed by atoms with Gasteiger partial charge >= 0.3 is 11.9 Å². The van der Waals surface area contributed by atoms with Gasteiger partial charge in [0.25, 0.3) is 0 Å². The molecule has 2 saturated heterocycles. The van der Waals surface area contributed by atoms with Crippen molar-refractivity contribution in [1.29, 1.82) is 5.41 Å². The van der Waals surface area contributed by atoms with Crippen LogP contribution in [0, 0.1) is 16.7 Å². The number of ether oxygens (including phenoxy) is 4. The molecule has 13 heteroatoms. The van der Waals surface area contributed by atoms with Crippen LogP contribution in [0.4, 0.5) is 0 Å². The van der Waals surface area contributed by atoms with Gasteiger partial charge in [-0.3, -0.25) is 24.6 Å². The van der Waals surface area contributed by atoms with E-state index in [0.29, 0.717) is 44.0 Å². The highest BCUT2D eigenvalue weighted by molar-refractivity contribution is 5.95. The van der Waals surface area contributed by atoms with Crippen molar-refractivity contribution in [1.82, 2.24) is 9.80 Å². The van der Waals surface area contributed by atoms with Gasteiger partial charge in [-0.2, -0.15) is 0 Å². The zero-order valence-electron chi connectivity index (χ0n) is 25.8. The molecule has 0 aromatic heterocycles. The Morgan fingerprint density at radius 1 is 0.978 bits per heavy atom. The Morgan fingerprint density at radius 2 is 1.58 bits per heavy atom. The van der Waals surface area contributed by atoms with E-state index >= 15 is 0 Å². The number of hydrogen-bond donors (Lipinski definition) is 2. The number of hydrogen-bond acceptors (Lipinski definition) is 9. The summed E-state index contributed by atoms with van der Waals surface area (Å²) in [4.78, 5) is 54.1. The summed E-state index contributed by atoms with van der Waals surface area (Å²) in [5, 5.41) is 7.55. The first kappa shape index (κ1) is 35.3. The first-order chi connectivity index (χ1) is 20.9. The molecule has 0 aliphatic carbocycles. The van der Waals surface area contributed by atoms with E-state index in [1.165, 1.54) is 4.90 Å². The molecule has 0 unspecified atom stereocenters. The quantitative estimate of drug-likeness (QED) is 0.162. The Balaban J connectivity index is 0.00000552. The molecule has 4 rings (SSSR count). The van der Waals surface area contributed by atoms with Crippen LogP contribution in [0.15, 0.2) is 48.5 Å². The second-order valence-electron chi connectivity index (χ2n) is 11.9. The molecule has 45 heavy (non-hydrogen) atoms. The van der Waals surface area contributed by atoms with Crippen LogP contribution in [-0.4, -0.2) is 91.7 Å². The summed E-state index contributed by atoms with van der Waals surface area (Å²) < 4.78 is 21.5. The van der Waals surface area contributed by atoms with Crippen molar-refractivity contribution in [2.24, 2.45) is 17.1 Å². The highest BCUT2D eigenvalue weighted by Gasteiger charge is 2.42. The van der Waals surface area contributed by atoms with Crippen LogP contribution in [-0.2, 0) is 33.4 Å². The van der Waals surface area contributed by atoms with Crippen molar-refractivity contribution >= 4 is 42.0 Å². The average Bonchev–Trinajstić information content (AvgIpc) is 3.29. The molecule has 2 heterocycles. The van der Waals surface area contributed by atoms with Gasteiger partial charge in [-0.1, -0.05) is 36.4 Å². The SMILES string of the molecule is CC(C)(C)C(=O)OCOC(=O)C[C@@H]1C[C@@H](COc2ccc(-c3ccc(C(=N)N)cc3)cc2)N(CC(=O)N2CCOCC2)C1=O.Cl. The summed E-state index contributed by atoms with van der Waals surface area (Å²) in [5.41, 5.74) is 7.36. The number of benzene rings is 2. The number of likely N-dealkylation sites (tertiary alicyclic amines) is 1. The lowest BCUT2D eigenvalue weighted by Crippen LogP contribution is -2.48. The minimum Gasteiger partial charge on any atom is -0.491 e. The molecule has 2 aromatic rings. The number of nitrogens with one attached hydrogen (secondary N) is 1. The maximum Gasteiger partial charge on any atom is 0.314 e. The van der Waals surface area contributed by atoms with Gasteiger partial charge in [0, 0.05) is 18.7 Å². The molecule has 2 aliphatic rings. The van der Waals surface area contributed by atoms with Gasteiger partial charge in [0.15, 0.2) is 0 Å². The summed E-state index contributed by atoms with van der Waals surface area (Å²) in [7, 11) is 0. The third kappa shape index (κ3) is 9.66. The normalized spacial score (nSPS) is 18.2. The van der Waals surface area contributed by atoms with Gasteiger partial charge in [-0.25, -0.2) is 0 Å². The van der Waals surface area contributed by atoms with Crippen molar-refractivity contribution in [3.05, 3.63) is 54.1 Å². The van der Waals surface area contributed by atoms with Gasteiger partial charge in [-0.05, 0) is 50.5 Å². The lowest BCUT2D eigenvalue weighted by molar-refractivity contribution is -0.174. The Labute approximate surface area is 269 Å². The average molecular weight is 645 g/mol. The number of amides is 2. The molecule has 0 spiro atoms. The second kappa shape index (κ2) is 15.7. The lowest BCUT2D eigenvalue weighted by Gasteiger charge is -2.30. The summed E-state index contributed by atoms with van der Waals surface area (Å²) in [6, 6.07) is 14.4. The lowest BCUT2D eigenvalue weighted by atomic mass is 9.98. The predicted molar refractivity (Wildman–Crippen MR) is 168 cm³/mol. The van der Waals surface area contributed by atoms with Crippen LogP contribution in [0.1, 0.15) is 39.2 Å². The van der Waals surface area contributed by atoms with Crippen LogP contribution in [0.5, 0.6) is 5.75 Å². The topological polar surface area (TPSA) is 162 Å². The first-order valence-electron chi connectivity index (χ1n) is 14.6. The molecule has 0 saturated carbocycles. The third-order valence-corrected chi connectivity index (χ3v) is 7.56. The van der Waals surface area contributed by atoms with Crippen molar-refractivity contribution < 1.29 is 38.1 Å². The van der Waals surface area contributed by atoms with Gasteiger partial charge < -0.3 is 34.5 Å². The molecule has 0 radical (unpaired) electrons. The molecule has 12 nitrogen and oxygen atoms in total. The van der Waals surface area contributed by atoms with E-state index in [9.17, 15) is 19.2 Å². The molecule has 2 atom stereocenters. The fourth-order valence-corrected chi connectivity index (χ4v) is 4.97. The number of esters is 2. The monoisotopic (exact) mass is 644 g/mol. The molecular weight excluding hydrogens is 604 g/mol. The van der Waals surface area contributed by atoms with Crippen molar-refractivity contribution in [2.75, 3.05) is 46.2 Å². The molecule has 2 fully saturated rings. The minimum atomic E-state index is -0.739. The molecule has 2 aliphatic heterocycles. The Morgan fingerprint density at radius 3 is 2.16 bits per heavy atom. The van der Waals surface area contributed by atoms with Crippen molar-refractivity contribution in [3.8, 4) is 16.9 Å². The number of morpholine rings is 1. The number of nitrogen functional groups attached to an aromatic ring is 1. The highest BCUT2D eigenvalue weighted by Crippen LogP contribution is 2.29. The summed E-state index contributed by atoms with van der Waals surface area (Å²) in [5.74, 6) is -1.80. The number of nitrogens with zero attached hydrogens (tertiary/aromatic N) is 2. The summed E-state index contributed by atoms with van der Waals surface area (Å²) in [6.45, 7) is 6.32. The molecule has 244 valence electrons. The number of carbonyl (C=O) groups is 4. The van der Waals surface area contributed by atoms with E-state index < -0.39 is 36.1 Å². The zero-order chi connectivity index (χ0) is 31.9. The molecule has 0 bridgehead atoms. The molecule has 3 N–H and O–H groups in total. The third-order valence-electron chi connectivity index (χ3n) is 7.56. The minimum absolute atomic E-state index is 0. The fourth-order valence-electron chi connectivity index (χ4n) is 4.97. The number of rotatable bonds is 11. The smallest absolute Gasteiger partial charge is 0.314 e. The van der Waals surface area contributed by atoms with Crippen LogP contribution in [0.3, 0.4) is 0 Å². The Bertz CT molecular complexity index is 1350. The zero-order valence-corrected chi connectivity index (χ0v) is 26.6. The fraction of sp³-hybridized carbons (Fsp3) is 0.469. The van der Waals surface area contributed by atoms with E-state index in [1.807, 2.05) is 36.4 Å². The maximum atomic E-state index is 13.4. The van der Waals surface area contributed by atoms with Crippen LogP contribution < -0.4 is 10.5 Å². The van der Waals surface area contributed by atoms with E-state index in [2.05, 4.69) is 0 Å². The summed E-state index contributed by atoms with van der Waals surface area (Å²) in [6.07, 6.45) is 0.0917. The van der Waals surface area contributed by atoms with Crippen molar-refractivity contribution in [2.45, 2.75) is 39.7 Å². The van der Waals surface area contributed by atoms with Crippen molar-refractivity contribution in [3.63, 3.8) is 0 Å². The Kier molecular flexibility index (Phi) is 12.3. The van der Waals surface area contributed by atoms with E-state index in [4.69, 9.17) is 30.1 Å². The summed E-state index contributed by atoms with van der Waals surface area (Å²) >= 11 is 0. The largest absolute Gasteiger partial charge is 0.491 e. The van der Waals surface area contributed by atoms with Crippen LogP contribution in [0.25, 0.3) is 11.1 Å². The van der Waals surface area contributed by atoms with E-state index in [-0.39, 0.29) is 49.6 Å². The molecule has 2 amide bonds. The van der Waals surface area contributed by atoms with Crippen LogP contribution in [0.2, 0.25) is 0 Å². The Hall–Kier alpha value is -4.16. The van der Waals surface area contributed by atoms with Crippen LogP contribution >= 0.6 is 12.4 Å². The maximum absolute atomic E-state index is 13.4.